The molecule has 0 aromatic heterocycles. The van der Waals surface area contributed by atoms with Crippen molar-refractivity contribution in [2.75, 3.05) is 29.1 Å². The third-order valence-electron chi connectivity index (χ3n) is 3.63. The van der Waals surface area contributed by atoms with Crippen molar-refractivity contribution in [3.05, 3.63) is 48.5 Å². The number of para-hydroxylation sites is 1. The third kappa shape index (κ3) is 3.89. The minimum Gasteiger partial charge on any atom is -0.360 e. The highest BCUT2D eigenvalue weighted by molar-refractivity contribution is 7.99. The molecular formula is C16H17N3O3S2. The van der Waals surface area contributed by atoms with Crippen LogP contribution >= 0.6 is 11.8 Å². The fourth-order valence-corrected chi connectivity index (χ4v) is 4.06. The van der Waals surface area contributed by atoms with Gasteiger partial charge >= 0.3 is 0 Å². The summed E-state index contributed by atoms with van der Waals surface area (Å²) >= 11 is 1.79. The van der Waals surface area contributed by atoms with Crippen LogP contribution in [0.2, 0.25) is 0 Å². The van der Waals surface area contributed by atoms with E-state index in [9.17, 15) is 13.2 Å². The smallest absolute Gasteiger partial charge is 0.243 e. The molecule has 1 aliphatic rings. The summed E-state index contributed by atoms with van der Waals surface area (Å²) < 4.78 is 22.5. The zero-order valence-electron chi connectivity index (χ0n) is 12.8. The number of hydrogen-bond donors (Lipinski definition) is 2. The summed E-state index contributed by atoms with van der Waals surface area (Å²) in [5, 5.41) is 7.83. The van der Waals surface area contributed by atoms with Crippen molar-refractivity contribution >= 4 is 39.1 Å². The Bertz CT molecular complexity index is 851. The highest BCUT2D eigenvalue weighted by Crippen LogP contribution is 2.34. The first-order chi connectivity index (χ1) is 11.4. The lowest BCUT2D eigenvalue weighted by molar-refractivity contribution is -0.115. The molecule has 3 rings (SSSR count). The van der Waals surface area contributed by atoms with E-state index in [0.29, 0.717) is 5.69 Å². The highest BCUT2D eigenvalue weighted by atomic mass is 32.2. The maximum atomic E-state index is 12.3. The van der Waals surface area contributed by atoms with Crippen molar-refractivity contribution in [2.24, 2.45) is 5.14 Å². The number of primary sulfonamides is 1. The lowest BCUT2D eigenvalue weighted by Gasteiger charge is -2.30. The van der Waals surface area contributed by atoms with Gasteiger partial charge in [0.1, 0.15) is 0 Å². The zero-order chi connectivity index (χ0) is 17.2. The molecule has 0 spiro atoms. The Kier molecular flexibility index (Phi) is 4.79. The number of hydrogen-bond acceptors (Lipinski definition) is 5. The van der Waals surface area contributed by atoms with Gasteiger partial charge in [0.15, 0.2) is 0 Å². The molecular weight excluding hydrogens is 346 g/mol. The van der Waals surface area contributed by atoms with Crippen LogP contribution in [0.1, 0.15) is 0 Å². The van der Waals surface area contributed by atoms with Gasteiger partial charge in [-0.3, -0.25) is 4.79 Å². The Balaban J connectivity index is 1.66. The van der Waals surface area contributed by atoms with Gasteiger partial charge in [0, 0.05) is 22.9 Å². The van der Waals surface area contributed by atoms with Gasteiger partial charge in [0.2, 0.25) is 15.9 Å². The monoisotopic (exact) mass is 363 g/mol. The van der Waals surface area contributed by atoms with Gasteiger partial charge in [-0.1, -0.05) is 12.1 Å². The summed E-state index contributed by atoms with van der Waals surface area (Å²) in [5.41, 5.74) is 1.60. The first-order valence-corrected chi connectivity index (χ1v) is 9.86. The standard InChI is InChI=1S/C16H17N3O3S2/c17-24(21,22)13-7-5-12(6-8-13)18-16(20)11-19-9-10-23-15-4-2-1-3-14(15)19/h1-8H,9-11H2,(H,18,20)(H2,17,21,22). The number of amides is 1. The van der Waals surface area contributed by atoms with Crippen LogP contribution in [0.5, 0.6) is 0 Å². The van der Waals surface area contributed by atoms with E-state index in [1.807, 2.05) is 23.1 Å². The topological polar surface area (TPSA) is 92.5 Å². The predicted molar refractivity (Wildman–Crippen MR) is 95.8 cm³/mol. The first kappa shape index (κ1) is 16.8. The molecule has 0 aliphatic carbocycles. The minimum atomic E-state index is -3.73. The molecule has 8 heteroatoms. The number of sulfonamides is 1. The van der Waals surface area contributed by atoms with Crippen molar-refractivity contribution < 1.29 is 13.2 Å². The number of nitrogens with zero attached hydrogens (tertiary/aromatic N) is 1. The van der Waals surface area contributed by atoms with Crippen LogP contribution in [0.25, 0.3) is 0 Å². The molecule has 6 nitrogen and oxygen atoms in total. The summed E-state index contributed by atoms with van der Waals surface area (Å²) in [6.07, 6.45) is 0. The van der Waals surface area contributed by atoms with E-state index < -0.39 is 10.0 Å². The Morgan fingerprint density at radius 3 is 2.58 bits per heavy atom. The van der Waals surface area contributed by atoms with Gasteiger partial charge in [0.05, 0.1) is 17.1 Å². The van der Waals surface area contributed by atoms with Crippen molar-refractivity contribution in [2.45, 2.75) is 9.79 Å². The molecule has 0 atom stereocenters. The number of carbonyl (C=O) groups excluding carboxylic acids is 1. The van der Waals surface area contributed by atoms with E-state index in [0.717, 1.165) is 18.0 Å². The molecule has 3 N–H and O–H groups in total. The quantitative estimate of drug-likeness (QED) is 0.865. The van der Waals surface area contributed by atoms with Crippen LogP contribution in [0.4, 0.5) is 11.4 Å². The van der Waals surface area contributed by atoms with Crippen LogP contribution < -0.4 is 15.4 Å². The molecule has 24 heavy (non-hydrogen) atoms. The van der Waals surface area contributed by atoms with Crippen molar-refractivity contribution in [3.8, 4) is 0 Å². The molecule has 2 aromatic rings. The van der Waals surface area contributed by atoms with E-state index in [4.69, 9.17) is 5.14 Å². The maximum absolute atomic E-state index is 12.3. The normalized spacial score (nSPS) is 14.1. The van der Waals surface area contributed by atoms with Gasteiger partial charge < -0.3 is 10.2 Å². The molecule has 0 saturated carbocycles. The van der Waals surface area contributed by atoms with E-state index in [1.54, 1.807) is 11.8 Å². The molecule has 0 radical (unpaired) electrons. The number of carbonyl (C=O) groups is 1. The molecule has 1 aliphatic heterocycles. The average molecular weight is 363 g/mol. The number of rotatable bonds is 4. The van der Waals surface area contributed by atoms with Crippen LogP contribution in [0, 0.1) is 0 Å². The van der Waals surface area contributed by atoms with Gasteiger partial charge in [0.25, 0.3) is 0 Å². The number of fused-ring (bicyclic) bond motifs is 1. The largest absolute Gasteiger partial charge is 0.360 e. The fraction of sp³-hybridized carbons (Fsp3) is 0.188. The highest BCUT2D eigenvalue weighted by Gasteiger charge is 2.19. The number of nitrogens with one attached hydrogen (secondary N) is 1. The summed E-state index contributed by atoms with van der Waals surface area (Å²) in [5.74, 6) is 0.785. The minimum absolute atomic E-state index is 0.0162. The SMILES string of the molecule is NS(=O)(=O)c1ccc(NC(=O)CN2CCSc3ccccc32)cc1. The maximum Gasteiger partial charge on any atom is 0.243 e. The average Bonchev–Trinajstić information content (AvgIpc) is 2.55. The van der Waals surface area contributed by atoms with Crippen molar-refractivity contribution in [1.82, 2.24) is 0 Å². The molecule has 126 valence electrons. The van der Waals surface area contributed by atoms with E-state index >= 15 is 0 Å². The third-order valence-corrected chi connectivity index (χ3v) is 5.60. The molecule has 1 amide bonds. The van der Waals surface area contributed by atoms with Crippen LogP contribution in [-0.4, -0.2) is 33.2 Å². The zero-order valence-corrected chi connectivity index (χ0v) is 14.4. The van der Waals surface area contributed by atoms with Gasteiger partial charge in [-0.15, -0.1) is 11.8 Å². The Morgan fingerprint density at radius 2 is 1.88 bits per heavy atom. The second-order valence-electron chi connectivity index (χ2n) is 5.36. The Morgan fingerprint density at radius 1 is 1.17 bits per heavy atom. The number of anilines is 2. The Labute approximate surface area is 145 Å². The summed E-state index contributed by atoms with van der Waals surface area (Å²) in [4.78, 5) is 15.5. The second-order valence-corrected chi connectivity index (χ2v) is 8.05. The lowest BCUT2D eigenvalue weighted by atomic mass is 10.2. The summed E-state index contributed by atoms with van der Waals surface area (Å²) in [6, 6.07) is 13.8. The molecule has 2 aromatic carbocycles. The van der Waals surface area contributed by atoms with Crippen LogP contribution in [0.15, 0.2) is 58.3 Å². The molecule has 0 bridgehead atoms. The molecule has 0 fully saturated rings. The number of thioether (sulfide) groups is 1. The van der Waals surface area contributed by atoms with E-state index in [1.165, 1.54) is 29.2 Å². The van der Waals surface area contributed by atoms with Crippen LogP contribution in [-0.2, 0) is 14.8 Å². The molecule has 0 unspecified atom stereocenters. The van der Waals surface area contributed by atoms with Gasteiger partial charge in [-0.05, 0) is 36.4 Å². The Hall–Kier alpha value is -2.03. The van der Waals surface area contributed by atoms with Gasteiger partial charge in [-0.25, -0.2) is 13.6 Å². The molecule has 1 heterocycles. The predicted octanol–water partition coefficient (Wildman–Crippen LogP) is 1.88. The summed E-state index contributed by atoms with van der Waals surface area (Å²) in [7, 11) is -3.73. The van der Waals surface area contributed by atoms with Gasteiger partial charge in [-0.2, -0.15) is 0 Å². The fourth-order valence-electron chi connectivity index (χ4n) is 2.49. The second kappa shape index (κ2) is 6.84. The van der Waals surface area contributed by atoms with Crippen molar-refractivity contribution in [3.63, 3.8) is 0 Å². The van der Waals surface area contributed by atoms with E-state index in [2.05, 4.69) is 11.4 Å². The first-order valence-electron chi connectivity index (χ1n) is 7.33. The van der Waals surface area contributed by atoms with Crippen molar-refractivity contribution in [1.29, 1.82) is 0 Å². The number of nitrogens with two attached hydrogens (primary N) is 1. The van der Waals surface area contributed by atoms with E-state index in [-0.39, 0.29) is 17.3 Å². The number of benzene rings is 2. The summed E-state index contributed by atoms with van der Waals surface area (Å²) in [6.45, 7) is 1.05. The van der Waals surface area contributed by atoms with Crippen LogP contribution in [0.3, 0.4) is 0 Å². The molecule has 0 saturated heterocycles. The lowest BCUT2D eigenvalue weighted by Crippen LogP contribution is -2.36.